The lowest BCUT2D eigenvalue weighted by Crippen LogP contribution is -2.18. The molecule has 0 heterocycles. The molecule has 21 heavy (non-hydrogen) atoms. The van der Waals surface area contributed by atoms with Crippen molar-refractivity contribution in [3.8, 4) is 0 Å². The van der Waals surface area contributed by atoms with Crippen LogP contribution in [0.25, 0.3) is 0 Å². The van der Waals surface area contributed by atoms with E-state index in [0.29, 0.717) is 6.07 Å². The van der Waals surface area contributed by atoms with Crippen molar-refractivity contribution in [1.82, 2.24) is 0 Å². The molecule has 0 aliphatic rings. The average molecular weight is 302 g/mol. The first-order valence-corrected chi connectivity index (χ1v) is 5.50. The van der Waals surface area contributed by atoms with Crippen molar-refractivity contribution in [2.75, 3.05) is 11.1 Å². The molecule has 1 amide bonds. The highest BCUT2D eigenvalue weighted by molar-refractivity contribution is 6.05. The molecule has 0 saturated heterocycles. The second-order valence-electron chi connectivity index (χ2n) is 4.03. The van der Waals surface area contributed by atoms with Crippen LogP contribution in [0.4, 0.5) is 33.3 Å². The predicted molar refractivity (Wildman–Crippen MR) is 65.0 cm³/mol. The maximum absolute atomic E-state index is 13.6. The topological polar surface area (TPSA) is 55.1 Å². The van der Waals surface area contributed by atoms with Gasteiger partial charge in [-0.2, -0.15) is 0 Å². The highest BCUT2D eigenvalue weighted by Crippen LogP contribution is 2.23. The molecule has 2 aromatic rings. The standard InChI is InChI=1S/C13H7F5N2O/c14-5-3-7(16)11(17)9(4-5)20-13(21)10-6(15)1-2-8(19)12(10)18/h1-4H,19H2,(H,20,21). The number of carbonyl (C=O) groups is 1. The van der Waals surface area contributed by atoms with E-state index in [1.54, 1.807) is 5.32 Å². The molecule has 3 nitrogen and oxygen atoms in total. The summed E-state index contributed by atoms with van der Waals surface area (Å²) in [6.07, 6.45) is 0. The molecule has 0 aliphatic heterocycles. The molecule has 0 bridgehead atoms. The Kier molecular flexibility index (Phi) is 3.79. The molecule has 8 heteroatoms. The van der Waals surface area contributed by atoms with Gasteiger partial charge in [0, 0.05) is 12.1 Å². The van der Waals surface area contributed by atoms with E-state index in [0.717, 1.165) is 12.1 Å². The summed E-state index contributed by atoms with van der Waals surface area (Å²) in [5, 5.41) is 1.69. The summed E-state index contributed by atoms with van der Waals surface area (Å²) >= 11 is 0. The van der Waals surface area contributed by atoms with Gasteiger partial charge in [0.2, 0.25) is 0 Å². The van der Waals surface area contributed by atoms with Crippen molar-refractivity contribution in [2.45, 2.75) is 0 Å². The summed E-state index contributed by atoms with van der Waals surface area (Å²) in [7, 11) is 0. The third-order valence-electron chi connectivity index (χ3n) is 2.59. The van der Waals surface area contributed by atoms with Crippen LogP contribution in [0.15, 0.2) is 24.3 Å². The largest absolute Gasteiger partial charge is 0.396 e. The van der Waals surface area contributed by atoms with E-state index in [1.165, 1.54) is 0 Å². The van der Waals surface area contributed by atoms with Gasteiger partial charge in [-0.3, -0.25) is 4.79 Å². The SMILES string of the molecule is Nc1ccc(F)c(C(=O)Nc2cc(F)cc(F)c2F)c1F. The van der Waals surface area contributed by atoms with Crippen LogP contribution in [-0.2, 0) is 0 Å². The number of rotatable bonds is 2. The molecule has 0 saturated carbocycles. The maximum Gasteiger partial charge on any atom is 0.261 e. The van der Waals surface area contributed by atoms with Gasteiger partial charge in [-0.15, -0.1) is 0 Å². The summed E-state index contributed by atoms with van der Waals surface area (Å²) in [6.45, 7) is 0. The summed E-state index contributed by atoms with van der Waals surface area (Å²) in [5.41, 5.74) is 2.70. The average Bonchev–Trinajstić information content (AvgIpc) is 2.40. The van der Waals surface area contributed by atoms with Crippen LogP contribution in [0, 0.1) is 29.1 Å². The van der Waals surface area contributed by atoms with Gasteiger partial charge in [0.15, 0.2) is 17.5 Å². The highest BCUT2D eigenvalue weighted by Gasteiger charge is 2.22. The number of nitrogens with one attached hydrogen (secondary N) is 1. The number of halogens is 5. The quantitative estimate of drug-likeness (QED) is 0.508. The molecular formula is C13H7F5N2O. The Morgan fingerprint density at radius 2 is 1.62 bits per heavy atom. The van der Waals surface area contributed by atoms with Gasteiger partial charge in [-0.05, 0) is 12.1 Å². The van der Waals surface area contributed by atoms with Gasteiger partial charge < -0.3 is 11.1 Å². The van der Waals surface area contributed by atoms with E-state index < -0.39 is 51.9 Å². The second kappa shape index (κ2) is 5.39. The van der Waals surface area contributed by atoms with Crippen molar-refractivity contribution in [2.24, 2.45) is 0 Å². The number of hydrogen-bond acceptors (Lipinski definition) is 2. The van der Waals surface area contributed by atoms with E-state index in [-0.39, 0.29) is 6.07 Å². The number of benzene rings is 2. The molecular weight excluding hydrogens is 295 g/mol. The summed E-state index contributed by atoms with van der Waals surface area (Å²) in [6, 6.07) is 2.35. The molecule has 0 spiro atoms. The summed E-state index contributed by atoms with van der Waals surface area (Å²) in [4.78, 5) is 11.7. The molecule has 0 unspecified atom stereocenters. The van der Waals surface area contributed by atoms with Crippen LogP contribution in [0.3, 0.4) is 0 Å². The third kappa shape index (κ3) is 2.78. The number of carbonyl (C=O) groups excluding carboxylic acids is 1. The van der Waals surface area contributed by atoms with Crippen LogP contribution in [-0.4, -0.2) is 5.91 Å². The lowest BCUT2D eigenvalue weighted by molar-refractivity contribution is 0.101. The normalized spacial score (nSPS) is 10.5. The van der Waals surface area contributed by atoms with E-state index in [2.05, 4.69) is 0 Å². The van der Waals surface area contributed by atoms with Gasteiger partial charge in [0.05, 0.1) is 11.4 Å². The molecule has 2 rings (SSSR count). The van der Waals surface area contributed by atoms with E-state index in [9.17, 15) is 26.7 Å². The Hall–Kier alpha value is -2.64. The van der Waals surface area contributed by atoms with E-state index in [4.69, 9.17) is 5.73 Å². The lowest BCUT2D eigenvalue weighted by atomic mass is 10.1. The Bertz CT molecular complexity index is 733. The summed E-state index contributed by atoms with van der Waals surface area (Å²) in [5.74, 6) is -8.33. The number of nitrogen functional groups attached to an aromatic ring is 1. The fourth-order valence-corrected chi connectivity index (χ4v) is 1.61. The van der Waals surface area contributed by atoms with Gasteiger partial charge >= 0.3 is 0 Å². The number of hydrogen-bond donors (Lipinski definition) is 2. The maximum atomic E-state index is 13.6. The lowest BCUT2D eigenvalue weighted by Gasteiger charge is -2.09. The van der Waals surface area contributed by atoms with Crippen LogP contribution >= 0.6 is 0 Å². The third-order valence-corrected chi connectivity index (χ3v) is 2.59. The number of amides is 1. The van der Waals surface area contributed by atoms with Crippen molar-refractivity contribution >= 4 is 17.3 Å². The molecule has 110 valence electrons. The minimum absolute atomic E-state index is 0.257. The Morgan fingerprint density at radius 3 is 2.29 bits per heavy atom. The molecule has 3 N–H and O–H groups in total. The number of anilines is 2. The van der Waals surface area contributed by atoms with E-state index in [1.807, 2.05) is 0 Å². The molecule has 0 radical (unpaired) electrons. The van der Waals surface area contributed by atoms with Crippen molar-refractivity contribution in [3.63, 3.8) is 0 Å². The first kappa shape index (κ1) is 14.8. The monoisotopic (exact) mass is 302 g/mol. The van der Waals surface area contributed by atoms with Crippen LogP contribution in [0.1, 0.15) is 10.4 Å². The molecule has 0 fully saturated rings. The van der Waals surface area contributed by atoms with Crippen molar-refractivity contribution in [1.29, 1.82) is 0 Å². The molecule has 0 aliphatic carbocycles. The zero-order valence-electron chi connectivity index (χ0n) is 10.2. The first-order valence-electron chi connectivity index (χ1n) is 5.50. The Balaban J connectivity index is 2.42. The van der Waals surface area contributed by atoms with Crippen LogP contribution < -0.4 is 11.1 Å². The molecule has 2 aromatic carbocycles. The molecule has 0 atom stereocenters. The van der Waals surface area contributed by atoms with Gasteiger partial charge in [0.25, 0.3) is 5.91 Å². The highest BCUT2D eigenvalue weighted by atomic mass is 19.2. The van der Waals surface area contributed by atoms with Crippen molar-refractivity contribution in [3.05, 3.63) is 58.9 Å². The van der Waals surface area contributed by atoms with Crippen molar-refractivity contribution < 1.29 is 26.7 Å². The number of nitrogens with two attached hydrogens (primary N) is 1. The molecule has 0 aromatic heterocycles. The predicted octanol–water partition coefficient (Wildman–Crippen LogP) is 3.22. The van der Waals surface area contributed by atoms with Crippen LogP contribution in [0.5, 0.6) is 0 Å². The Morgan fingerprint density at radius 1 is 0.952 bits per heavy atom. The van der Waals surface area contributed by atoms with Gasteiger partial charge in [0.1, 0.15) is 17.2 Å². The van der Waals surface area contributed by atoms with Crippen LogP contribution in [0.2, 0.25) is 0 Å². The fourth-order valence-electron chi connectivity index (χ4n) is 1.61. The smallest absolute Gasteiger partial charge is 0.261 e. The van der Waals surface area contributed by atoms with E-state index >= 15 is 0 Å². The summed E-state index contributed by atoms with van der Waals surface area (Å²) < 4.78 is 66.4. The van der Waals surface area contributed by atoms with Gasteiger partial charge in [-0.25, -0.2) is 22.0 Å². The zero-order chi connectivity index (χ0) is 15.7. The first-order chi connectivity index (χ1) is 9.81. The minimum atomic E-state index is -1.56. The van der Waals surface area contributed by atoms with Gasteiger partial charge in [-0.1, -0.05) is 0 Å². The fraction of sp³-hybridized carbons (Fsp3) is 0. The second-order valence-corrected chi connectivity index (χ2v) is 4.03. The zero-order valence-corrected chi connectivity index (χ0v) is 10.2. The minimum Gasteiger partial charge on any atom is -0.396 e. The Labute approximate surface area is 115 Å².